The van der Waals surface area contributed by atoms with Crippen LogP contribution in [0.15, 0.2) is 41.0 Å². The van der Waals surface area contributed by atoms with Gasteiger partial charge in [0.25, 0.3) is 0 Å². The number of carbonyl (C=O) groups is 1. The van der Waals surface area contributed by atoms with Crippen LogP contribution in [0.3, 0.4) is 0 Å². The lowest BCUT2D eigenvalue weighted by atomic mass is 9.91. The molecule has 25 heavy (non-hydrogen) atoms. The summed E-state index contributed by atoms with van der Waals surface area (Å²) in [6, 6.07) is 10.0. The maximum Gasteiger partial charge on any atom is 0.232 e. The van der Waals surface area contributed by atoms with Crippen molar-refractivity contribution >= 4 is 17.7 Å². The molecule has 5 nitrogen and oxygen atoms in total. The molecule has 6 heteroatoms. The predicted molar refractivity (Wildman–Crippen MR) is 101 cm³/mol. The third-order valence-corrected chi connectivity index (χ3v) is 5.63. The van der Waals surface area contributed by atoms with E-state index in [0.29, 0.717) is 23.3 Å². The van der Waals surface area contributed by atoms with Crippen LogP contribution in [-0.2, 0) is 10.5 Å². The second-order valence-electron chi connectivity index (χ2n) is 6.58. The average molecular weight is 359 g/mol. The first-order valence-corrected chi connectivity index (χ1v) is 9.90. The Hall–Kier alpha value is -1.79. The molecule has 0 saturated carbocycles. The van der Waals surface area contributed by atoms with Crippen LogP contribution in [0.25, 0.3) is 11.5 Å². The van der Waals surface area contributed by atoms with Gasteiger partial charge < -0.3 is 15.1 Å². The number of nitrogens with two attached hydrogens (primary N) is 1. The number of hydrogen-bond donors (Lipinski definition) is 1. The highest BCUT2D eigenvalue weighted by atomic mass is 32.2. The van der Waals surface area contributed by atoms with Gasteiger partial charge in [0, 0.05) is 30.4 Å². The summed E-state index contributed by atoms with van der Waals surface area (Å²) < 4.78 is 5.53. The number of rotatable bonds is 6. The van der Waals surface area contributed by atoms with Crippen molar-refractivity contribution in [3.05, 3.63) is 42.3 Å². The molecule has 1 aromatic heterocycles. The van der Waals surface area contributed by atoms with Gasteiger partial charge in [0.2, 0.25) is 11.8 Å². The van der Waals surface area contributed by atoms with Crippen LogP contribution < -0.4 is 5.73 Å². The number of piperidine rings is 1. The summed E-state index contributed by atoms with van der Waals surface area (Å²) in [5.74, 6) is 2.54. The molecule has 0 aliphatic carbocycles. The Bertz CT molecular complexity index is 679. The molecular formula is C19H25N3O2S. The Labute approximate surface area is 153 Å². The van der Waals surface area contributed by atoms with E-state index >= 15 is 0 Å². The number of oxazole rings is 1. The smallest absolute Gasteiger partial charge is 0.232 e. The summed E-state index contributed by atoms with van der Waals surface area (Å²) in [4.78, 5) is 18.8. The standard InChI is InChI=1S/C19H25N3O2S/c1-14(20)15-7-9-22(10-8-15)18(23)13-25-12-17-11-24-19(21-17)16-5-3-2-4-6-16/h2-6,11,14-15H,7-10,12-13,20H2,1H3. The number of likely N-dealkylation sites (tertiary alicyclic amines) is 1. The number of nitrogens with zero attached hydrogens (tertiary/aromatic N) is 2. The molecule has 1 amide bonds. The lowest BCUT2D eigenvalue weighted by Gasteiger charge is -2.33. The zero-order valence-corrected chi connectivity index (χ0v) is 15.4. The zero-order chi connectivity index (χ0) is 17.6. The van der Waals surface area contributed by atoms with Crippen LogP contribution in [0.1, 0.15) is 25.5 Å². The quantitative estimate of drug-likeness (QED) is 0.858. The molecule has 0 bridgehead atoms. The number of amides is 1. The molecule has 2 heterocycles. The van der Waals surface area contributed by atoms with E-state index in [-0.39, 0.29) is 11.9 Å². The molecule has 3 rings (SSSR count). The van der Waals surface area contributed by atoms with Crippen molar-refractivity contribution in [3.63, 3.8) is 0 Å². The van der Waals surface area contributed by atoms with Crippen molar-refractivity contribution in [2.24, 2.45) is 11.7 Å². The summed E-state index contributed by atoms with van der Waals surface area (Å²) >= 11 is 1.59. The zero-order valence-electron chi connectivity index (χ0n) is 14.6. The van der Waals surface area contributed by atoms with Gasteiger partial charge in [-0.15, -0.1) is 11.8 Å². The molecule has 2 N–H and O–H groups in total. The van der Waals surface area contributed by atoms with Gasteiger partial charge in [0.1, 0.15) is 6.26 Å². The van der Waals surface area contributed by atoms with E-state index in [4.69, 9.17) is 10.2 Å². The van der Waals surface area contributed by atoms with Gasteiger partial charge in [-0.2, -0.15) is 0 Å². The first-order chi connectivity index (χ1) is 12.1. The molecule has 1 fully saturated rings. The lowest BCUT2D eigenvalue weighted by Crippen LogP contribution is -2.43. The fourth-order valence-electron chi connectivity index (χ4n) is 3.10. The number of carbonyl (C=O) groups excluding carboxylic acids is 1. The Kier molecular flexibility index (Phi) is 6.15. The van der Waals surface area contributed by atoms with E-state index in [1.807, 2.05) is 35.2 Å². The maximum absolute atomic E-state index is 12.3. The molecule has 1 unspecified atom stereocenters. The Morgan fingerprint density at radius 3 is 2.76 bits per heavy atom. The van der Waals surface area contributed by atoms with Crippen LogP contribution >= 0.6 is 11.8 Å². The summed E-state index contributed by atoms with van der Waals surface area (Å²) in [6.45, 7) is 3.71. The fourth-order valence-corrected chi connectivity index (χ4v) is 3.90. The van der Waals surface area contributed by atoms with Gasteiger partial charge in [-0.05, 0) is 37.8 Å². The van der Waals surface area contributed by atoms with Gasteiger partial charge in [-0.3, -0.25) is 4.79 Å². The molecule has 134 valence electrons. The molecule has 2 aromatic rings. The number of thioether (sulfide) groups is 1. The second-order valence-corrected chi connectivity index (χ2v) is 7.57. The van der Waals surface area contributed by atoms with Crippen LogP contribution in [0.4, 0.5) is 0 Å². The Morgan fingerprint density at radius 2 is 2.08 bits per heavy atom. The minimum atomic E-state index is 0.208. The highest BCUT2D eigenvalue weighted by Gasteiger charge is 2.24. The van der Waals surface area contributed by atoms with E-state index < -0.39 is 0 Å². The maximum atomic E-state index is 12.3. The average Bonchev–Trinajstić information content (AvgIpc) is 3.11. The first kappa shape index (κ1) is 18.0. The Morgan fingerprint density at radius 1 is 1.36 bits per heavy atom. The lowest BCUT2D eigenvalue weighted by molar-refractivity contribution is -0.129. The van der Waals surface area contributed by atoms with E-state index in [9.17, 15) is 4.79 Å². The third-order valence-electron chi connectivity index (χ3n) is 4.68. The van der Waals surface area contributed by atoms with E-state index in [2.05, 4.69) is 11.9 Å². The minimum Gasteiger partial charge on any atom is -0.444 e. The highest BCUT2D eigenvalue weighted by Crippen LogP contribution is 2.22. The summed E-state index contributed by atoms with van der Waals surface area (Å²) in [7, 11) is 0. The van der Waals surface area contributed by atoms with Crippen LogP contribution in [-0.4, -0.2) is 40.7 Å². The predicted octanol–water partition coefficient (Wildman–Crippen LogP) is 3.16. The third kappa shape index (κ3) is 4.86. The summed E-state index contributed by atoms with van der Waals surface area (Å²) in [6.07, 6.45) is 3.70. The normalized spacial score (nSPS) is 16.8. The monoisotopic (exact) mass is 359 g/mol. The molecule has 1 aromatic carbocycles. The SMILES string of the molecule is CC(N)C1CCN(C(=O)CSCc2coc(-c3ccccc3)n2)CC1. The van der Waals surface area contributed by atoms with Crippen molar-refractivity contribution < 1.29 is 9.21 Å². The first-order valence-electron chi connectivity index (χ1n) is 8.74. The number of benzene rings is 1. The molecule has 0 radical (unpaired) electrons. The van der Waals surface area contributed by atoms with Crippen LogP contribution in [0, 0.1) is 5.92 Å². The summed E-state index contributed by atoms with van der Waals surface area (Å²) in [5.41, 5.74) is 7.79. The van der Waals surface area contributed by atoms with E-state index in [0.717, 1.165) is 37.2 Å². The Balaban J connectivity index is 1.43. The molecule has 1 atom stereocenters. The van der Waals surface area contributed by atoms with Gasteiger partial charge in [0.05, 0.1) is 11.4 Å². The van der Waals surface area contributed by atoms with Gasteiger partial charge in [-0.1, -0.05) is 18.2 Å². The molecular weight excluding hydrogens is 334 g/mol. The van der Waals surface area contributed by atoms with Gasteiger partial charge >= 0.3 is 0 Å². The highest BCUT2D eigenvalue weighted by molar-refractivity contribution is 7.99. The van der Waals surface area contributed by atoms with Crippen molar-refractivity contribution in [2.75, 3.05) is 18.8 Å². The largest absolute Gasteiger partial charge is 0.444 e. The summed E-state index contributed by atoms with van der Waals surface area (Å²) in [5, 5.41) is 0. The minimum absolute atomic E-state index is 0.208. The van der Waals surface area contributed by atoms with Crippen molar-refractivity contribution in [1.82, 2.24) is 9.88 Å². The van der Waals surface area contributed by atoms with Crippen LogP contribution in [0.2, 0.25) is 0 Å². The number of aromatic nitrogens is 1. The van der Waals surface area contributed by atoms with Crippen molar-refractivity contribution in [3.8, 4) is 11.5 Å². The molecule has 1 saturated heterocycles. The number of hydrogen-bond acceptors (Lipinski definition) is 5. The second kappa shape index (κ2) is 8.54. The van der Waals surface area contributed by atoms with Gasteiger partial charge in [-0.25, -0.2) is 4.98 Å². The van der Waals surface area contributed by atoms with Crippen molar-refractivity contribution in [1.29, 1.82) is 0 Å². The topological polar surface area (TPSA) is 72.4 Å². The van der Waals surface area contributed by atoms with E-state index in [1.165, 1.54) is 0 Å². The van der Waals surface area contributed by atoms with Gasteiger partial charge in [0.15, 0.2) is 0 Å². The molecule has 0 spiro atoms. The molecule has 1 aliphatic rings. The van der Waals surface area contributed by atoms with Crippen molar-refractivity contribution in [2.45, 2.75) is 31.6 Å². The van der Waals surface area contributed by atoms with E-state index in [1.54, 1.807) is 18.0 Å². The van der Waals surface area contributed by atoms with Crippen LogP contribution in [0.5, 0.6) is 0 Å². The molecule has 1 aliphatic heterocycles. The fraction of sp³-hybridized carbons (Fsp3) is 0.474.